The number of hydrogen-bond acceptors (Lipinski definition) is 4. The number of anilines is 1. The van der Waals surface area contributed by atoms with E-state index in [0.29, 0.717) is 5.69 Å². The van der Waals surface area contributed by atoms with Gasteiger partial charge < -0.3 is 9.42 Å². The highest BCUT2D eigenvalue weighted by Crippen LogP contribution is 2.20. The summed E-state index contributed by atoms with van der Waals surface area (Å²) in [5, 5.41) is 3.89. The topological polar surface area (TPSA) is 32.5 Å². The number of hydrogen-bond donors (Lipinski definition) is 0. The van der Waals surface area contributed by atoms with Crippen molar-refractivity contribution in [3.05, 3.63) is 47.6 Å². The van der Waals surface area contributed by atoms with E-state index in [1.807, 2.05) is 25.1 Å². The Bertz CT molecular complexity index is 576. The van der Waals surface area contributed by atoms with Crippen LogP contribution < -0.4 is 4.90 Å². The minimum atomic E-state index is -0.146. The average molecular weight is 275 g/mol. The molecule has 3 rings (SSSR count). The molecule has 0 bridgehead atoms. The molecule has 1 fully saturated rings. The van der Waals surface area contributed by atoms with E-state index in [-0.39, 0.29) is 5.82 Å². The van der Waals surface area contributed by atoms with Crippen LogP contribution in [-0.2, 0) is 6.54 Å². The van der Waals surface area contributed by atoms with Gasteiger partial charge in [0.05, 0.1) is 17.9 Å². The zero-order valence-electron chi connectivity index (χ0n) is 11.6. The van der Waals surface area contributed by atoms with Crippen molar-refractivity contribution < 1.29 is 8.91 Å². The van der Waals surface area contributed by atoms with E-state index in [2.05, 4.69) is 15.0 Å². The summed E-state index contributed by atoms with van der Waals surface area (Å²) in [6.45, 7) is 6.14. The van der Waals surface area contributed by atoms with Crippen LogP contribution in [0.2, 0.25) is 0 Å². The van der Waals surface area contributed by atoms with E-state index in [1.165, 1.54) is 6.07 Å². The molecule has 1 aliphatic heterocycles. The lowest BCUT2D eigenvalue weighted by molar-refractivity contribution is 0.219. The molecule has 0 radical (unpaired) electrons. The molecule has 2 aromatic rings. The molecule has 1 aromatic carbocycles. The highest BCUT2D eigenvalue weighted by Gasteiger charge is 2.20. The van der Waals surface area contributed by atoms with E-state index in [9.17, 15) is 4.39 Å². The summed E-state index contributed by atoms with van der Waals surface area (Å²) < 4.78 is 19.0. The molecule has 0 saturated carbocycles. The summed E-state index contributed by atoms with van der Waals surface area (Å²) in [5.74, 6) is 0.744. The summed E-state index contributed by atoms with van der Waals surface area (Å²) in [4.78, 5) is 4.40. The highest BCUT2D eigenvalue weighted by atomic mass is 19.1. The van der Waals surface area contributed by atoms with Crippen molar-refractivity contribution in [2.75, 3.05) is 31.1 Å². The SMILES string of the molecule is Cc1cc(CN2CCN(c3ccccc3F)CC2)on1. The molecule has 106 valence electrons. The van der Waals surface area contributed by atoms with Gasteiger partial charge in [0.2, 0.25) is 0 Å². The Morgan fingerprint density at radius 3 is 2.60 bits per heavy atom. The predicted molar refractivity (Wildman–Crippen MR) is 75.1 cm³/mol. The van der Waals surface area contributed by atoms with Crippen molar-refractivity contribution in [2.24, 2.45) is 0 Å². The van der Waals surface area contributed by atoms with Gasteiger partial charge in [-0.3, -0.25) is 4.90 Å². The largest absolute Gasteiger partial charge is 0.367 e. The lowest BCUT2D eigenvalue weighted by atomic mass is 10.2. The Kier molecular flexibility index (Phi) is 3.69. The Morgan fingerprint density at radius 1 is 1.20 bits per heavy atom. The van der Waals surface area contributed by atoms with E-state index >= 15 is 0 Å². The smallest absolute Gasteiger partial charge is 0.150 e. The van der Waals surface area contributed by atoms with Gasteiger partial charge in [-0.1, -0.05) is 17.3 Å². The first kappa shape index (κ1) is 13.1. The second-order valence-electron chi connectivity index (χ2n) is 5.15. The van der Waals surface area contributed by atoms with Crippen molar-refractivity contribution in [1.29, 1.82) is 0 Å². The Labute approximate surface area is 117 Å². The average Bonchev–Trinajstić information content (AvgIpc) is 2.86. The van der Waals surface area contributed by atoms with Crippen molar-refractivity contribution >= 4 is 5.69 Å². The van der Waals surface area contributed by atoms with Crippen molar-refractivity contribution in [3.8, 4) is 0 Å². The van der Waals surface area contributed by atoms with Crippen LogP contribution in [0.4, 0.5) is 10.1 Å². The third kappa shape index (κ3) is 2.82. The van der Waals surface area contributed by atoms with Crippen molar-refractivity contribution in [2.45, 2.75) is 13.5 Å². The molecule has 1 aromatic heterocycles. The van der Waals surface area contributed by atoms with E-state index in [4.69, 9.17) is 4.52 Å². The molecule has 0 amide bonds. The zero-order chi connectivity index (χ0) is 13.9. The van der Waals surface area contributed by atoms with Crippen LogP contribution in [0.25, 0.3) is 0 Å². The van der Waals surface area contributed by atoms with Crippen molar-refractivity contribution in [1.82, 2.24) is 10.1 Å². The molecule has 1 aliphatic rings. The highest BCUT2D eigenvalue weighted by molar-refractivity contribution is 5.47. The second-order valence-corrected chi connectivity index (χ2v) is 5.15. The monoisotopic (exact) mass is 275 g/mol. The van der Waals surface area contributed by atoms with Crippen molar-refractivity contribution in [3.63, 3.8) is 0 Å². The van der Waals surface area contributed by atoms with Gasteiger partial charge in [-0.2, -0.15) is 0 Å². The quantitative estimate of drug-likeness (QED) is 0.861. The molecule has 0 unspecified atom stereocenters. The minimum absolute atomic E-state index is 0.146. The fraction of sp³-hybridized carbons (Fsp3) is 0.400. The van der Waals surface area contributed by atoms with Crippen LogP contribution in [0.15, 0.2) is 34.9 Å². The number of nitrogens with zero attached hydrogens (tertiary/aromatic N) is 3. The third-order valence-electron chi connectivity index (χ3n) is 3.62. The Balaban J connectivity index is 1.58. The first-order valence-electron chi connectivity index (χ1n) is 6.86. The van der Waals surface area contributed by atoms with Gasteiger partial charge in [0, 0.05) is 32.2 Å². The third-order valence-corrected chi connectivity index (χ3v) is 3.62. The molecular formula is C15H18FN3O. The second kappa shape index (κ2) is 5.63. The molecule has 20 heavy (non-hydrogen) atoms. The standard InChI is InChI=1S/C15H18FN3O/c1-12-10-13(20-17-12)11-18-6-8-19(9-7-18)15-5-3-2-4-14(15)16/h2-5,10H,6-9,11H2,1H3. The predicted octanol–water partition coefficient (Wildman–Crippen LogP) is 2.44. The van der Waals surface area contributed by atoms with Gasteiger partial charge in [0.1, 0.15) is 5.82 Å². The molecule has 4 nitrogen and oxygen atoms in total. The van der Waals surface area contributed by atoms with Crippen LogP contribution in [0.3, 0.4) is 0 Å². The van der Waals surface area contributed by atoms with Crippen LogP contribution in [0.5, 0.6) is 0 Å². The van der Waals surface area contributed by atoms with Crippen LogP contribution in [0.1, 0.15) is 11.5 Å². The maximum Gasteiger partial charge on any atom is 0.150 e. The molecule has 0 atom stereocenters. The van der Waals surface area contributed by atoms with Gasteiger partial charge in [-0.25, -0.2) is 4.39 Å². The summed E-state index contributed by atoms with van der Waals surface area (Å²) in [6.07, 6.45) is 0. The van der Waals surface area contributed by atoms with Gasteiger partial charge in [0.25, 0.3) is 0 Å². The zero-order valence-corrected chi connectivity index (χ0v) is 11.6. The number of piperazine rings is 1. The molecule has 5 heteroatoms. The molecule has 0 aliphatic carbocycles. The lowest BCUT2D eigenvalue weighted by Gasteiger charge is -2.35. The lowest BCUT2D eigenvalue weighted by Crippen LogP contribution is -2.46. The fourth-order valence-electron chi connectivity index (χ4n) is 2.57. The summed E-state index contributed by atoms with van der Waals surface area (Å²) in [7, 11) is 0. The molecule has 2 heterocycles. The number of para-hydroxylation sites is 1. The summed E-state index contributed by atoms with van der Waals surface area (Å²) >= 11 is 0. The molecular weight excluding hydrogens is 257 g/mol. The number of halogens is 1. The van der Waals surface area contributed by atoms with E-state index in [1.54, 1.807) is 6.07 Å². The van der Waals surface area contributed by atoms with Crippen LogP contribution >= 0.6 is 0 Å². The molecule has 0 spiro atoms. The van der Waals surface area contributed by atoms with Gasteiger partial charge in [0.15, 0.2) is 5.76 Å². The van der Waals surface area contributed by atoms with E-state index in [0.717, 1.165) is 44.2 Å². The maximum absolute atomic E-state index is 13.7. The first-order valence-corrected chi connectivity index (χ1v) is 6.86. The summed E-state index contributed by atoms with van der Waals surface area (Å²) in [5.41, 5.74) is 1.60. The number of aromatic nitrogens is 1. The normalized spacial score (nSPS) is 16.6. The molecule has 1 saturated heterocycles. The number of benzene rings is 1. The van der Waals surface area contributed by atoms with Gasteiger partial charge in [-0.15, -0.1) is 0 Å². The van der Waals surface area contributed by atoms with Crippen LogP contribution in [-0.4, -0.2) is 36.2 Å². The molecule has 0 N–H and O–H groups in total. The number of rotatable bonds is 3. The minimum Gasteiger partial charge on any atom is -0.367 e. The van der Waals surface area contributed by atoms with Gasteiger partial charge in [-0.05, 0) is 19.1 Å². The Hall–Kier alpha value is -1.88. The van der Waals surface area contributed by atoms with Crippen LogP contribution in [0, 0.1) is 12.7 Å². The Morgan fingerprint density at radius 2 is 1.95 bits per heavy atom. The summed E-state index contributed by atoms with van der Waals surface area (Å²) in [6, 6.07) is 8.91. The fourth-order valence-corrected chi connectivity index (χ4v) is 2.57. The van der Waals surface area contributed by atoms with E-state index < -0.39 is 0 Å². The van der Waals surface area contributed by atoms with Gasteiger partial charge >= 0.3 is 0 Å². The number of aryl methyl sites for hydroxylation is 1. The maximum atomic E-state index is 13.7. The first-order chi connectivity index (χ1) is 9.72.